The highest BCUT2D eigenvalue weighted by molar-refractivity contribution is 6.36. The van der Waals surface area contributed by atoms with Gasteiger partial charge in [0.05, 0.1) is 5.57 Å². The van der Waals surface area contributed by atoms with E-state index in [1.54, 1.807) is 0 Å². The molecule has 2 aliphatic heterocycles. The van der Waals surface area contributed by atoms with Crippen molar-refractivity contribution in [1.82, 2.24) is 9.80 Å². The molecule has 31 heavy (non-hydrogen) atoms. The molecule has 0 unspecified atom stereocenters. The van der Waals surface area contributed by atoms with E-state index in [9.17, 15) is 9.59 Å². The number of aryl methyl sites for hydroxylation is 2. The van der Waals surface area contributed by atoms with E-state index in [1.165, 1.54) is 17.6 Å². The maximum absolute atomic E-state index is 12.9. The van der Waals surface area contributed by atoms with Crippen molar-refractivity contribution in [3.63, 3.8) is 0 Å². The van der Waals surface area contributed by atoms with Gasteiger partial charge in [0.25, 0.3) is 11.8 Å². The number of likely N-dealkylation sites (N-methyl/N-ethyl adjacent to an activating group) is 2. The number of carbonyl (C=O) groups is 2. The molecular weight excluding hydrogens is 388 g/mol. The second-order valence-electron chi connectivity index (χ2n) is 8.33. The maximum Gasteiger partial charge on any atom is 0.277 e. The van der Waals surface area contributed by atoms with Crippen molar-refractivity contribution in [1.29, 1.82) is 0 Å². The van der Waals surface area contributed by atoms with Crippen LogP contribution in [0.2, 0.25) is 0 Å². The lowest BCUT2D eigenvalue weighted by Crippen LogP contribution is -2.46. The van der Waals surface area contributed by atoms with Crippen molar-refractivity contribution in [2.75, 3.05) is 50.0 Å². The van der Waals surface area contributed by atoms with Crippen molar-refractivity contribution in [3.05, 3.63) is 64.9 Å². The van der Waals surface area contributed by atoms with Crippen LogP contribution in [0.1, 0.15) is 23.6 Å². The molecule has 1 saturated heterocycles. The van der Waals surface area contributed by atoms with Gasteiger partial charge in [-0.3, -0.25) is 14.5 Å². The molecule has 1 N–H and O–H groups in total. The summed E-state index contributed by atoms with van der Waals surface area (Å²) in [6.45, 7) is 11.5. The molecule has 0 aromatic heterocycles. The number of anilines is 2. The van der Waals surface area contributed by atoms with Crippen LogP contribution in [0.3, 0.4) is 0 Å². The number of carbonyl (C=O) groups excluding carboxylic acids is 2. The van der Waals surface area contributed by atoms with Crippen LogP contribution >= 0.6 is 0 Å². The first-order valence-electron chi connectivity index (χ1n) is 10.9. The van der Waals surface area contributed by atoms with Gasteiger partial charge in [0.2, 0.25) is 0 Å². The molecule has 2 heterocycles. The predicted octanol–water partition coefficient (Wildman–Crippen LogP) is 3.27. The first-order chi connectivity index (χ1) is 14.9. The van der Waals surface area contributed by atoms with Gasteiger partial charge in [0, 0.05) is 44.6 Å². The molecule has 6 nitrogen and oxygen atoms in total. The minimum absolute atomic E-state index is 0.273. The van der Waals surface area contributed by atoms with Crippen LogP contribution in [0.15, 0.2) is 48.2 Å². The van der Waals surface area contributed by atoms with Crippen LogP contribution in [0, 0.1) is 13.8 Å². The van der Waals surface area contributed by atoms with Crippen LogP contribution in [-0.2, 0) is 9.59 Å². The van der Waals surface area contributed by atoms with Gasteiger partial charge >= 0.3 is 0 Å². The number of hydrogen-bond acceptors (Lipinski definition) is 5. The third kappa shape index (κ3) is 4.08. The third-order valence-electron chi connectivity index (χ3n) is 6.26. The predicted molar refractivity (Wildman–Crippen MR) is 125 cm³/mol. The average Bonchev–Trinajstić information content (AvgIpc) is 2.98. The Morgan fingerprint density at radius 2 is 1.58 bits per heavy atom. The number of imide groups is 1. The quantitative estimate of drug-likeness (QED) is 0.756. The summed E-state index contributed by atoms with van der Waals surface area (Å²) in [4.78, 5) is 31.7. The summed E-state index contributed by atoms with van der Waals surface area (Å²) in [6.07, 6.45) is 0. The molecule has 0 atom stereocenters. The fourth-order valence-corrected chi connectivity index (χ4v) is 4.32. The molecular formula is C25H30N4O2. The zero-order valence-corrected chi connectivity index (χ0v) is 18.7. The lowest BCUT2D eigenvalue weighted by atomic mass is 9.97. The molecule has 0 aliphatic carbocycles. The van der Waals surface area contributed by atoms with Gasteiger partial charge in [-0.15, -0.1) is 0 Å². The molecule has 162 valence electrons. The molecule has 0 bridgehead atoms. The van der Waals surface area contributed by atoms with E-state index in [0.717, 1.165) is 55.1 Å². The van der Waals surface area contributed by atoms with Gasteiger partial charge in [-0.2, -0.15) is 0 Å². The SMILES string of the molecule is CCN1CCN(c2ccc(NC3=C(c4ccc(C)cc4C)C(=O)N(C)C3=O)cc2)CC1. The molecule has 1 fully saturated rings. The summed E-state index contributed by atoms with van der Waals surface area (Å²) in [7, 11) is 1.53. The Bertz CT molecular complexity index is 1030. The second kappa shape index (κ2) is 8.55. The Morgan fingerprint density at radius 3 is 2.19 bits per heavy atom. The van der Waals surface area contributed by atoms with Gasteiger partial charge in [0.1, 0.15) is 5.70 Å². The van der Waals surface area contributed by atoms with Crippen LogP contribution in [0.4, 0.5) is 11.4 Å². The van der Waals surface area contributed by atoms with E-state index in [4.69, 9.17) is 0 Å². The molecule has 2 aromatic rings. The van der Waals surface area contributed by atoms with Crippen molar-refractivity contribution in [2.24, 2.45) is 0 Å². The number of hydrogen-bond donors (Lipinski definition) is 1. The highest BCUT2D eigenvalue weighted by atomic mass is 16.2. The fourth-order valence-electron chi connectivity index (χ4n) is 4.32. The standard InChI is InChI=1S/C25H30N4O2/c1-5-28-12-14-29(15-13-28)20-9-7-19(8-10-20)26-23-22(24(30)27(4)25(23)31)21-11-6-17(2)16-18(21)3/h6-11,16,26H,5,12-15H2,1-4H3. The topological polar surface area (TPSA) is 55.9 Å². The smallest absolute Gasteiger partial charge is 0.277 e. The summed E-state index contributed by atoms with van der Waals surface area (Å²) >= 11 is 0. The number of nitrogens with zero attached hydrogens (tertiary/aromatic N) is 3. The summed E-state index contributed by atoms with van der Waals surface area (Å²) in [5, 5.41) is 3.23. The molecule has 0 spiro atoms. The number of piperazine rings is 1. The van der Waals surface area contributed by atoms with Crippen molar-refractivity contribution in [3.8, 4) is 0 Å². The molecule has 2 amide bonds. The Kier molecular flexibility index (Phi) is 5.83. The first-order valence-corrected chi connectivity index (χ1v) is 10.9. The average molecular weight is 419 g/mol. The van der Waals surface area contributed by atoms with Crippen molar-refractivity contribution >= 4 is 28.8 Å². The normalized spacial score (nSPS) is 17.7. The lowest BCUT2D eigenvalue weighted by Gasteiger charge is -2.35. The van der Waals surface area contributed by atoms with E-state index in [2.05, 4.69) is 34.2 Å². The first kappa shape index (κ1) is 21.1. The minimum Gasteiger partial charge on any atom is -0.369 e. The number of benzene rings is 2. The van der Waals surface area contributed by atoms with E-state index in [1.807, 2.05) is 44.2 Å². The fraction of sp³-hybridized carbons (Fsp3) is 0.360. The molecule has 2 aromatic carbocycles. The molecule has 2 aliphatic rings. The highest BCUT2D eigenvalue weighted by Gasteiger charge is 2.37. The number of nitrogens with one attached hydrogen (secondary N) is 1. The van der Waals surface area contributed by atoms with E-state index in [-0.39, 0.29) is 11.8 Å². The van der Waals surface area contributed by atoms with Crippen LogP contribution in [-0.4, -0.2) is 61.4 Å². The van der Waals surface area contributed by atoms with Crippen molar-refractivity contribution in [2.45, 2.75) is 20.8 Å². The Balaban J connectivity index is 1.59. The van der Waals surface area contributed by atoms with Gasteiger partial charge in [0.15, 0.2) is 0 Å². The zero-order valence-electron chi connectivity index (χ0n) is 18.7. The Morgan fingerprint density at radius 1 is 0.903 bits per heavy atom. The molecule has 0 radical (unpaired) electrons. The van der Waals surface area contributed by atoms with Crippen LogP contribution in [0.5, 0.6) is 0 Å². The number of rotatable bonds is 5. The minimum atomic E-state index is -0.306. The third-order valence-corrected chi connectivity index (χ3v) is 6.26. The molecule has 0 saturated carbocycles. The highest BCUT2D eigenvalue weighted by Crippen LogP contribution is 2.32. The summed E-state index contributed by atoms with van der Waals surface area (Å²) in [5.41, 5.74) is 5.64. The monoisotopic (exact) mass is 418 g/mol. The van der Waals surface area contributed by atoms with E-state index < -0.39 is 0 Å². The van der Waals surface area contributed by atoms with Gasteiger partial charge < -0.3 is 15.1 Å². The number of amides is 2. The molecule has 6 heteroatoms. The van der Waals surface area contributed by atoms with Gasteiger partial charge in [-0.1, -0.05) is 30.7 Å². The Hall–Kier alpha value is -3.12. The van der Waals surface area contributed by atoms with Crippen molar-refractivity contribution < 1.29 is 9.59 Å². The summed E-state index contributed by atoms with van der Waals surface area (Å²) in [6, 6.07) is 14.0. The lowest BCUT2D eigenvalue weighted by molar-refractivity contribution is -0.135. The van der Waals surface area contributed by atoms with Crippen LogP contribution in [0.25, 0.3) is 5.57 Å². The second-order valence-corrected chi connectivity index (χ2v) is 8.33. The van der Waals surface area contributed by atoms with E-state index >= 15 is 0 Å². The van der Waals surface area contributed by atoms with Gasteiger partial charge in [-0.25, -0.2) is 0 Å². The summed E-state index contributed by atoms with van der Waals surface area (Å²) < 4.78 is 0. The Labute approximate surface area is 184 Å². The molecule has 4 rings (SSSR count). The summed E-state index contributed by atoms with van der Waals surface area (Å²) in [5.74, 6) is -0.579. The maximum atomic E-state index is 12.9. The largest absolute Gasteiger partial charge is 0.369 e. The van der Waals surface area contributed by atoms with Gasteiger partial charge in [-0.05, 0) is 55.8 Å². The van der Waals surface area contributed by atoms with Crippen LogP contribution < -0.4 is 10.2 Å². The van der Waals surface area contributed by atoms with E-state index in [0.29, 0.717) is 11.3 Å². The zero-order chi connectivity index (χ0) is 22.1.